The van der Waals surface area contributed by atoms with Gasteiger partial charge >= 0.3 is 0 Å². The van der Waals surface area contributed by atoms with Gasteiger partial charge in [0.1, 0.15) is 0 Å². The summed E-state index contributed by atoms with van der Waals surface area (Å²) < 4.78 is 29.3. The Morgan fingerprint density at radius 3 is 2.69 bits per heavy atom. The number of aromatic nitrogens is 2. The number of carbonyl (C=O) groups is 1. The highest BCUT2D eigenvalue weighted by Gasteiger charge is 2.34. The number of nitrogens with one attached hydrogen (secondary N) is 1. The number of anilines is 1. The highest BCUT2D eigenvalue weighted by molar-refractivity contribution is 7.89. The highest BCUT2D eigenvalue weighted by atomic mass is 32.2. The quantitative estimate of drug-likeness (QED) is 0.687. The standard InChI is InChI=1S/C23H33N5O3S/c1-18(2)27-16-22(24-17-27)32(30,31)28-12-6-8-20(15-28)23(29)25-21-9-5-7-19(13-21)14-26-10-3-4-11-26/h5,7,9,13,16-18,20H,3-4,6,8,10-12,14-15H2,1-2H3,(H,25,29)/t20-/m0/s1. The van der Waals surface area contributed by atoms with E-state index in [1.165, 1.54) is 22.7 Å². The van der Waals surface area contributed by atoms with Gasteiger partial charge in [-0.05, 0) is 70.3 Å². The molecule has 2 fully saturated rings. The van der Waals surface area contributed by atoms with Crippen LogP contribution in [0.5, 0.6) is 0 Å². The van der Waals surface area contributed by atoms with Gasteiger partial charge in [-0.15, -0.1) is 0 Å². The van der Waals surface area contributed by atoms with Crippen molar-refractivity contribution in [2.24, 2.45) is 5.92 Å². The molecular weight excluding hydrogens is 426 g/mol. The van der Waals surface area contributed by atoms with Crippen LogP contribution in [0.1, 0.15) is 51.1 Å². The normalized spacial score (nSPS) is 20.7. The molecule has 0 radical (unpaired) electrons. The molecule has 0 unspecified atom stereocenters. The van der Waals surface area contributed by atoms with E-state index in [1.54, 1.807) is 17.1 Å². The maximum absolute atomic E-state index is 13.1. The average Bonchev–Trinajstić information content (AvgIpc) is 3.47. The van der Waals surface area contributed by atoms with E-state index >= 15 is 0 Å². The summed E-state index contributed by atoms with van der Waals surface area (Å²) in [6.45, 7) is 7.67. The molecule has 1 atom stereocenters. The fourth-order valence-corrected chi connectivity index (χ4v) is 5.88. The van der Waals surface area contributed by atoms with Crippen LogP contribution in [0.25, 0.3) is 0 Å². The van der Waals surface area contributed by atoms with Crippen molar-refractivity contribution in [2.75, 3.05) is 31.5 Å². The molecule has 9 heteroatoms. The van der Waals surface area contributed by atoms with E-state index in [-0.39, 0.29) is 29.4 Å². The third-order valence-corrected chi connectivity index (χ3v) is 8.08. The molecule has 3 heterocycles. The molecule has 2 aliphatic rings. The number of nitrogens with zero attached hydrogens (tertiary/aromatic N) is 4. The molecule has 0 saturated carbocycles. The summed E-state index contributed by atoms with van der Waals surface area (Å²) in [7, 11) is -3.72. The number of carbonyl (C=O) groups excluding carboxylic acids is 1. The monoisotopic (exact) mass is 459 g/mol. The second kappa shape index (κ2) is 9.72. The molecule has 1 amide bonds. The number of likely N-dealkylation sites (tertiary alicyclic amines) is 1. The van der Waals surface area contributed by atoms with E-state index in [9.17, 15) is 13.2 Å². The minimum atomic E-state index is -3.72. The molecule has 1 N–H and O–H groups in total. The van der Waals surface area contributed by atoms with Crippen molar-refractivity contribution in [1.29, 1.82) is 0 Å². The van der Waals surface area contributed by atoms with Crippen LogP contribution in [0, 0.1) is 5.92 Å². The first kappa shape index (κ1) is 22.9. The number of hydrogen-bond acceptors (Lipinski definition) is 5. The topological polar surface area (TPSA) is 87.5 Å². The molecule has 2 saturated heterocycles. The molecular formula is C23H33N5O3S. The van der Waals surface area contributed by atoms with Gasteiger partial charge in [0.25, 0.3) is 10.0 Å². The predicted molar refractivity (Wildman–Crippen MR) is 124 cm³/mol. The summed E-state index contributed by atoms with van der Waals surface area (Å²) >= 11 is 0. The largest absolute Gasteiger partial charge is 0.334 e. The van der Waals surface area contributed by atoms with Crippen molar-refractivity contribution in [3.05, 3.63) is 42.4 Å². The molecule has 32 heavy (non-hydrogen) atoms. The van der Waals surface area contributed by atoms with Gasteiger partial charge in [0, 0.05) is 37.6 Å². The summed E-state index contributed by atoms with van der Waals surface area (Å²) in [6, 6.07) is 8.09. The van der Waals surface area contributed by atoms with Gasteiger partial charge in [-0.2, -0.15) is 4.31 Å². The first-order valence-corrected chi connectivity index (χ1v) is 12.9. The van der Waals surface area contributed by atoms with Crippen molar-refractivity contribution in [3.8, 4) is 0 Å². The van der Waals surface area contributed by atoms with E-state index in [0.29, 0.717) is 19.4 Å². The molecule has 2 aliphatic heterocycles. The van der Waals surface area contributed by atoms with Gasteiger partial charge in [-0.25, -0.2) is 13.4 Å². The predicted octanol–water partition coefficient (Wildman–Crippen LogP) is 3.10. The molecule has 0 bridgehead atoms. The van der Waals surface area contributed by atoms with Crippen molar-refractivity contribution < 1.29 is 13.2 Å². The first-order chi connectivity index (χ1) is 15.3. The van der Waals surface area contributed by atoms with Gasteiger partial charge in [0.2, 0.25) is 5.91 Å². The molecule has 1 aromatic carbocycles. The smallest absolute Gasteiger partial charge is 0.262 e. The molecule has 4 rings (SSSR count). The Hall–Kier alpha value is -2.23. The lowest BCUT2D eigenvalue weighted by Gasteiger charge is -2.30. The fourth-order valence-electron chi connectivity index (χ4n) is 4.43. The van der Waals surface area contributed by atoms with Crippen LogP contribution in [0.3, 0.4) is 0 Å². The summed E-state index contributed by atoms with van der Waals surface area (Å²) in [6.07, 6.45) is 6.92. The van der Waals surface area contributed by atoms with Gasteiger partial charge in [-0.1, -0.05) is 12.1 Å². The SMILES string of the molecule is CC(C)n1cnc(S(=O)(=O)N2CCC[C@H](C(=O)Nc3cccc(CN4CCCC4)c3)C2)c1. The Kier molecular flexibility index (Phi) is 6.97. The fraction of sp³-hybridized carbons (Fsp3) is 0.565. The number of benzene rings is 1. The minimum absolute atomic E-state index is 0.0434. The van der Waals surface area contributed by atoms with Gasteiger partial charge in [0.15, 0.2) is 5.03 Å². The zero-order chi connectivity index (χ0) is 22.7. The Morgan fingerprint density at radius 2 is 1.97 bits per heavy atom. The van der Waals surface area contributed by atoms with E-state index in [0.717, 1.165) is 25.3 Å². The zero-order valence-corrected chi connectivity index (χ0v) is 19.7. The van der Waals surface area contributed by atoms with Crippen molar-refractivity contribution >= 4 is 21.6 Å². The average molecular weight is 460 g/mol. The Balaban J connectivity index is 1.40. The minimum Gasteiger partial charge on any atom is -0.334 e. The molecule has 0 aliphatic carbocycles. The van der Waals surface area contributed by atoms with Crippen molar-refractivity contribution in [1.82, 2.24) is 18.8 Å². The van der Waals surface area contributed by atoms with Crippen molar-refractivity contribution in [2.45, 2.75) is 57.1 Å². The lowest BCUT2D eigenvalue weighted by Crippen LogP contribution is -2.43. The lowest BCUT2D eigenvalue weighted by atomic mass is 9.98. The molecule has 1 aromatic heterocycles. The number of amides is 1. The summed E-state index contributed by atoms with van der Waals surface area (Å²) in [5.41, 5.74) is 1.95. The molecule has 8 nitrogen and oxygen atoms in total. The summed E-state index contributed by atoms with van der Waals surface area (Å²) in [4.78, 5) is 19.5. The Morgan fingerprint density at radius 1 is 1.19 bits per heavy atom. The van der Waals surface area contributed by atoms with Crippen LogP contribution in [0.4, 0.5) is 5.69 Å². The van der Waals surface area contributed by atoms with E-state index < -0.39 is 10.0 Å². The summed E-state index contributed by atoms with van der Waals surface area (Å²) in [5, 5.41) is 3.05. The summed E-state index contributed by atoms with van der Waals surface area (Å²) in [5.74, 6) is -0.510. The second-order valence-corrected chi connectivity index (χ2v) is 11.0. The maximum Gasteiger partial charge on any atom is 0.262 e. The van der Waals surface area contributed by atoms with Crippen LogP contribution in [0.15, 0.2) is 41.8 Å². The van der Waals surface area contributed by atoms with Crippen LogP contribution < -0.4 is 5.32 Å². The van der Waals surface area contributed by atoms with Crippen molar-refractivity contribution in [3.63, 3.8) is 0 Å². The van der Waals surface area contributed by atoms with E-state index in [2.05, 4.69) is 21.3 Å². The molecule has 174 valence electrons. The molecule has 0 spiro atoms. The highest BCUT2D eigenvalue weighted by Crippen LogP contribution is 2.25. The molecule has 2 aromatic rings. The number of imidazole rings is 1. The first-order valence-electron chi connectivity index (χ1n) is 11.5. The second-order valence-electron chi connectivity index (χ2n) is 9.13. The van der Waals surface area contributed by atoms with E-state index in [4.69, 9.17) is 0 Å². The number of hydrogen-bond donors (Lipinski definition) is 1. The number of sulfonamides is 1. The van der Waals surface area contributed by atoms with Crippen LogP contribution in [-0.2, 0) is 21.4 Å². The Labute approximate surface area is 190 Å². The third-order valence-electron chi connectivity index (χ3n) is 6.33. The van der Waals surface area contributed by atoms with Crippen LogP contribution in [-0.4, -0.2) is 59.3 Å². The maximum atomic E-state index is 13.1. The van der Waals surface area contributed by atoms with Crippen LogP contribution >= 0.6 is 0 Å². The Bertz CT molecular complexity index is 1040. The number of piperidine rings is 1. The van der Waals surface area contributed by atoms with Crippen LogP contribution in [0.2, 0.25) is 0 Å². The zero-order valence-electron chi connectivity index (χ0n) is 18.9. The van der Waals surface area contributed by atoms with Gasteiger partial charge in [0.05, 0.1) is 12.2 Å². The third kappa shape index (κ3) is 5.22. The van der Waals surface area contributed by atoms with Gasteiger partial charge < -0.3 is 9.88 Å². The van der Waals surface area contributed by atoms with Gasteiger partial charge in [-0.3, -0.25) is 9.69 Å². The lowest BCUT2D eigenvalue weighted by molar-refractivity contribution is -0.120. The van der Waals surface area contributed by atoms with E-state index in [1.807, 2.05) is 32.0 Å². The number of rotatable bonds is 7.